The molecule has 0 fully saturated rings. The van der Waals surface area contributed by atoms with Crippen LogP contribution in [0.5, 0.6) is 0 Å². The number of ether oxygens (including phenoxy) is 2. The highest BCUT2D eigenvalue weighted by molar-refractivity contribution is 7.08. The van der Waals surface area contributed by atoms with Gasteiger partial charge in [0, 0.05) is 11.8 Å². The van der Waals surface area contributed by atoms with E-state index in [0.717, 1.165) is 5.56 Å². The summed E-state index contributed by atoms with van der Waals surface area (Å²) in [6.45, 7) is -0.397. The molecule has 124 valence electrons. The first kappa shape index (κ1) is 17.4. The van der Waals surface area contributed by atoms with Crippen LogP contribution in [0.3, 0.4) is 0 Å². The van der Waals surface area contributed by atoms with E-state index in [1.54, 1.807) is 18.2 Å². The van der Waals surface area contributed by atoms with E-state index in [0.29, 0.717) is 11.3 Å². The summed E-state index contributed by atoms with van der Waals surface area (Å²) in [4.78, 5) is 34.5. The molecule has 0 atom stereocenters. The van der Waals surface area contributed by atoms with Crippen LogP contribution in [0.2, 0.25) is 0 Å². The molecule has 1 aromatic carbocycles. The van der Waals surface area contributed by atoms with E-state index < -0.39 is 24.5 Å². The molecule has 1 heterocycles. The lowest BCUT2D eigenvalue weighted by atomic mass is 10.2. The zero-order chi connectivity index (χ0) is 17.4. The predicted molar refractivity (Wildman–Crippen MR) is 90.7 cm³/mol. The molecule has 2 rings (SSSR count). The molecule has 0 radical (unpaired) electrons. The minimum absolute atomic E-state index is 0.375. The molecular weight excluding hydrogens is 330 g/mol. The molecule has 24 heavy (non-hydrogen) atoms. The molecule has 7 heteroatoms. The highest BCUT2D eigenvalue weighted by Gasteiger charge is 2.08. The average molecular weight is 345 g/mol. The first-order valence-electron chi connectivity index (χ1n) is 6.94. The van der Waals surface area contributed by atoms with Gasteiger partial charge in [-0.05, 0) is 52.7 Å². The summed E-state index contributed by atoms with van der Waals surface area (Å²) < 4.78 is 9.43. The molecule has 2 aromatic rings. The molecule has 0 bridgehead atoms. The second-order valence-electron chi connectivity index (χ2n) is 4.61. The number of carbonyl (C=O) groups excluding carboxylic acids is 3. The Balaban J connectivity index is 1.78. The summed E-state index contributed by atoms with van der Waals surface area (Å²) in [7, 11) is 1.29. The van der Waals surface area contributed by atoms with Crippen molar-refractivity contribution in [1.29, 1.82) is 0 Å². The molecule has 6 nitrogen and oxygen atoms in total. The predicted octanol–water partition coefficient (Wildman–Crippen LogP) is 2.73. The smallest absolute Gasteiger partial charge is 0.337 e. The van der Waals surface area contributed by atoms with Gasteiger partial charge in [0.15, 0.2) is 6.61 Å². The number of methoxy groups -OCH3 is 1. The van der Waals surface area contributed by atoms with Gasteiger partial charge in [-0.2, -0.15) is 11.3 Å². The first-order valence-corrected chi connectivity index (χ1v) is 7.88. The van der Waals surface area contributed by atoms with Gasteiger partial charge in [0.05, 0.1) is 12.7 Å². The minimum atomic E-state index is -0.600. The van der Waals surface area contributed by atoms with Crippen LogP contribution in [0.25, 0.3) is 6.08 Å². The SMILES string of the molecule is COC(=O)c1ccc(NC(=O)COC(=O)/C=C/c2ccsc2)cc1. The summed E-state index contributed by atoms with van der Waals surface area (Å²) in [5, 5.41) is 6.34. The summed E-state index contributed by atoms with van der Waals surface area (Å²) >= 11 is 1.52. The number of rotatable bonds is 6. The number of nitrogens with one attached hydrogen (secondary N) is 1. The Labute approximate surface area is 142 Å². The van der Waals surface area contributed by atoms with Crippen molar-refractivity contribution in [2.75, 3.05) is 19.0 Å². The number of carbonyl (C=O) groups is 3. The van der Waals surface area contributed by atoms with Gasteiger partial charge in [-0.3, -0.25) is 4.79 Å². The molecule has 0 aliphatic rings. The number of amides is 1. The minimum Gasteiger partial charge on any atom is -0.465 e. The maximum atomic E-state index is 11.7. The quantitative estimate of drug-likeness (QED) is 0.643. The number of benzene rings is 1. The van der Waals surface area contributed by atoms with E-state index in [1.807, 2.05) is 16.8 Å². The van der Waals surface area contributed by atoms with E-state index in [4.69, 9.17) is 4.74 Å². The van der Waals surface area contributed by atoms with Gasteiger partial charge in [0.2, 0.25) is 0 Å². The summed E-state index contributed by atoms with van der Waals surface area (Å²) in [6, 6.07) is 8.03. The van der Waals surface area contributed by atoms with Gasteiger partial charge in [0.1, 0.15) is 0 Å². The lowest BCUT2D eigenvalue weighted by Crippen LogP contribution is -2.20. The molecule has 0 spiro atoms. The van der Waals surface area contributed by atoms with Crippen LogP contribution in [-0.4, -0.2) is 31.6 Å². The highest BCUT2D eigenvalue weighted by Crippen LogP contribution is 2.10. The fourth-order valence-electron chi connectivity index (χ4n) is 1.72. The summed E-state index contributed by atoms with van der Waals surface area (Å²) in [6.07, 6.45) is 2.88. The van der Waals surface area contributed by atoms with Gasteiger partial charge in [-0.15, -0.1) is 0 Å². The molecule has 1 aromatic heterocycles. The Morgan fingerprint density at radius 1 is 1.17 bits per heavy atom. The van der Waals surface area contributed by atoms with E-state index in [9.17, 15) is 14.4 Å². The van der Waals surface area contributed by atoms with Crippen molar-refractivity contribution in [1.82, 2.24) is 0 Å². The van der Waals surface area contributed by atoms with E-state index in [-0.39, 0.29) is 0 Å². The maximum Gasteiger partial charge on any atom is 0.337 e. The molecule has 0 unspecified atom stereocenters. The number of hydrogen-bond acceptors (Lipinski definition) is 6. The molecule has 0 aliphatic carbocycles. The van der Waals surface area contributed by atoms with Crippen molar-refractivity contribution < 1.29 is 23.9 Å². The molecule has 0 saturated carbocycles. The largest absolute Gasteiger partial charge is 0.465 e. The third-order valence-corrected chi connectivity index (χ3v) is 3.59. The van der Waals surface area contributed by atoms with Crippen LogP contribution < -0.4 is 5.32 Å². The average Bonchev–Trinajstić information content (AvgIpc) is 3.11. The van der Waals surface area contributed by atoms with Crippen molar-refractivity contribution in [3.8, 4) is 0 Å². The van der Waals surface area contributed by atoms with Crippen LogP contribution >= 0.6 is 11.3 Å². The van der Waals surface area contributed by atoms with Gasteiger partial charge in [-0.1, -0.05) is 0 Å². The first-order chi connectivity index (χ1) is 11.6. The molecular formula is C17H15NO5S. The lowest BCUT2D eigenvalue weighted by Gasteiger charge is -2.06. The Morgan fingerprint density at radius 3 is 2.54 bits per heavy atom. The monoisotopic (exact) mass is 345 g/mol. The maximum absolute atomic E-state index is 11.7. The van der Waals surface area contributed by atoms with Crippen molar-refractivity contribution >= 4 is 40.9 Å². The van der Waals surface area contributed by atoms with E-state index in [2.05, 4.69) is 10.1 Å². The topological polar surface area (TPSA) is 81.7 Å². The second-order valence-corrected chi connectivity index (χ2v) is 5.39. The second kappa shape index (κ2) is 8.64. The normalized spacial score (nSPS) is 10.4. The number of hydrogen-bond donors (Lipinski definition) is 1. The van der Waals surface area contributed by atoms with Crippen LogP contribution in [-0.2, 0) is 19.1 Å². The van der Waals surface area contributed by atoms with Crippen molar-refractivity contribution in [3.63, 3.8) is 0 Å². The lowest BCUT2D eigenvalue weighted by molar-refractivity contribution is -0.142. The van der Waals surface area contributed by atoms with E-state index in [1.165, 1.54) is 36.7 Å². The fourth-order valence-corrected chi connectivity index (χ4v) is 2.35. The molecule has 1 N–H and O–H groups in total. The van der Waals surface area contributed by atoms with Crippen LogP contribution in [0.15, 0.2) is 47.2 Å². The van der Waals surface area contributed by atoms with Gasteiger partial charge in [-0.25, -0.2) is 9.59 Å². The van der Waals surface area contributed by atoms with Crippen molar-refractivity contribution in [2.24, 2.45) is 0 Å². The van der Waals surface area contributed by atoms with Crippen molar-refractivity contribution in [2.45, 2.75) is 0 Å². The number of esters is 2. The van der Waals surface area contributed by atoms with Gasteiger partial charge < -0.3 is 14.8 Å². The Morgan fingerprint density at radius 2 is 1.92 bits per heavy atom. The zero-order valence-corrected chi connectivity index (χ0v) is 13.7. The number of thiophene rings is 1. The number of anilines is 1. The fraction of sp³-hybridized carbons (Fsp3) is 0.118. The highest BCUT2D eigenvalue weighted by atomic mass is 32.1. The molecule has 0 aliphatic heterocycles. The van der Waals surface area contributed by atoms with Gasteiger partial charge >= 0.3 is 11.9 Å². The Kier molecular flexibility index (Phi) is 6.27. The van der Waals surface area contributed by atoms with E-state index >= 15 is 0 Å². The van der Waals surface area contributed by atoms with Crippen LogP contribution in [0, 0.1) is 0 Å². The third-order valence-electron chi connectivity index (χ3n) is 2.89. The van der Waals surface area contributed by atoms with Crippen LogP contribution in [0.1, 0.15) is 15.9 Å². The molecule has 0 saturated heterocycles. The van der Waals surface area contributed by atoms with Gasteiger partial charge in [0.25, 0.3) is 5.91 Å². The standard InChI is InChI=1S/C17H15NO5S/c1-22-17(21)13-3-5-14(6-4-13)18-15(19)10-23-16(20)7-2-12-8-9-24-11-12/h2-9,11H,10H2,1H3,(H,18,19)/b7-2+. The van der Waals surface area contributed by atoms with Crippen LogP contribution in [0.4, 0.5) is 5.69 Å². The molecule has 1 amide bonds. The summed E-state index contributed by atoms with van der Waals surface area (Å²) in [5.74, 6) is -1.53. The Bertz CT molecular complexity index is 735. The van der Waals surface area contributed by atoms with Crippen molar-refractivity contribution in [3.05, 3.63) is 58.3 Å². The Hall–Kier alpha value is -2.93. The third kappa shape index (κ3) is 5.36. The zero-order valence-electron chi connectivity index (χ0n) is 12.9. The summed E-state index contributed by atoms with van der Waals surface area (Å²) in [5.41, 5.74) is 1.75.